The molecule has 0 N–H and O–H groups in total. The Labute approximate surface area is 120 Å². The molecule has 1 saturated carbocycles. The highest BCUT2D eigenvalue weighted by atomic mass is 16.7. The first kappa shape index (κ1) is 14.0. The third-order valence-corrected chi connectivity index (χ3v) is 4.26. The maximum Gasteiger partial charge on any atom is 0.168 e. The van der Waals surface area contributed by atoms with E-state index in [-0.39, 0.29) is 5.79 Å². The van der Waals surface area contributed by atoms with Crippen molar-refractivity contribution in [3.8, 4) is 0 Å². The van der Waals surface area contributed by atoms with Crippen LogP contribution in [0.3, 0.4) is 0 Å². The van der Waals surface area contributed by atoms with Gasteiger partial charge < -0.3 is 14.2 Å². The van der Waals surface area contributed by atoms with Gasteiger partial charge in [0.25, 0.3) is 0 Å². The van der Waals surface area contributed by atoms with Gasteiger partial charge in [-0.15, -0.1) is 0 Å². The van der Waals surface area contributed by atoms with Crippen molar-refractivity contribution in [3.63, 3.8) is 0 Å². The van der Waals surface area contributed by atoms with Crippen molar-refractivity contribution in [1.29, 1.82) is 0 Å². The SMILES string of the molecule is CCn1nc(C)cc1COC1CCC2(CC1)OCCO2. The van der Waals surface area contributed by atoms with Crippen molar-refractivity contribution in [2.24, 2.45) is 0 Å². The van der Waals surface area contributed by atoms with Gasteiger partial charge in [-0.1, -0.05) is 0 Å². The molecule has 0 atom stereocenters. The molecular weight excluding hydrogens is 256 g/mol. The number of nitrogens with zero attached hydrogens (tertiary/aromatic N) is 2. The molecule has 20 heavy (non-hydrogen) atoms. The lowest BCUT2D eigenvalue weighted by Crippen LogP contribution is -2.37. The van der Waals surface area contributed by atoms with Gasteiger partial charge in [0.1, 0.15) is 0 Å². The van der Waals surface area contributed by atoms with E-state index in [9.17, 15) is 0 Å². The highest BCUT2D eigenvalue weighted by Crippen LogP contribution is 2.36. The zero-order valence-corrected chi connectivity index (χ0v) is 12.4. The molecule has 1 aromatic heterocycles. The summed E-state index contributed by atoms with van der Waals surface area (Å²) in [6.07, 6.45) is 4.24. The number of hydrogen-bond donors (Lipinski definition) is 0. The van der Waals surface area contributed by atoms with Gasteiger partial charge in [0.15, 0.2) is 5.79 Å². The maximum absolute atomic E-state index is 6.06. The molecule has 2 heterocycles. The zero-order valence-electron chi connectivity index (χ0n) is 12.4. The average molecular weight is 280 g/mol. The van der Waals surface area contributed by atoms with Crippen LogP contribution in [0, 0.1) is 6.92 Å². The third kappa shape index (κ3) is 2.90. The molecule has 0 bridgehead atoms. The van der Waals surface area contributed by atoms with Crippen molar-refractivity contribution in [2.75, 3.05) is 13.2 Å². The van der Waals surface area contributed by atoms with E-state index in [1.54, 1.807) is 0 Å². The number of rotatable bonds is 4. The zero-order chi connectivity index (χ0) is 14.0. The lowest BCUT2D eigenvalue weighted by atomic mass is 9.92. The molecule has 5 heteroatoms. The second-order valence-corrected chi connectivity index (χ2v) is 5.71. The van der Waals surface area contributed by atoms with Gasteiger partial charge in [0.05, 0.1) is 37.3 Å². The van der Waals surface area contributed by atoms with E-state index >= 15 is 0 Å². The van der Waals surface area contributed by atoms with Gasteiger partial charge in [-0.3, -0.25) is 4.68 Å². The molecule has 0 radical (unpaired) electrons. The van der Waals surface area contributed by atoms with Crippen LogP contribution in [0.4, 0.5) is 0 Å². The molecule has 2 aliphatic rings. The maximum atomic E-state index is 6.06. The summed E-state index contributed by atoms with van der Waals surface area (Å²) in [5, 5.41) is 4.45. The summed E-state index contributed by atoms with van der Waals surface area (Å²) in [6, 6.07) is 2.11. The largest absolute Gasteiger partial charge is 0.372 e. The van der Waals surface area contributed by atoms with Crippen molar-refractivity contribution in [1.82, 2.24) is 9.78 Å². The normalized spacial score (nSPS) is 22.7. The van der Waals surface area contributed by atoms with Crippen LogP contribution in [-0.4, -0.2) is 34.9 Å². The van der Waals surface area contributed by atoms with Gasteiger partial charge >= 0.3 is 0 Å². The number of hydrogen-bond acceptors (Lipinski definition) is 4. The minimum absolute atomic E-state index is 0.290. The van der Waals surface area contributed by atoms with Gasteiger partial charge in [0.2, 0.25) is 0 Å². The van der Waals surface area contributed by atoms with Gasteiger partial charge in [-0.25, -0.2) is 0 Å². The van der Waals surface area contributed by atoms with Crippen molar-refractivity contribution in [3.05, 3.63) is 17.5 Å². The molecule has 1 saturated heterocycles. The fourth-order valence-corrected chi connectivity index (χ4v) is 3.18. The summed E-state index contributed by atoms with van der Waals surface area (Å²) >= 11 is 0. The second kappa shape index (κ2) is 5.84. The van der Waals surface area contributed by atoms with Crippen LogP contribution in [0.5, 0.6) is 0 Å². The highest BCUT2D eigenvalue weighted by molar-refractivity contribution is 5.07. The molecule has 1 aliphatic carbocycles. The summed E-state index contributed by atoms with van der Waals surface area (Å²) in [6.45, 7) is 7.14. The number of aromatic nitrogens is 2. The Morgan fingerprint density at radius 2 is 2.05 bits per heavy atom. The molecule has 3 rings (SSSR count). The fraction of sp³-hybridized carbons (Fsp3) is 0.800. The molecule has 1 aliphatic heterocycles. The summed E-state index contributed by atoms with van der Waals surface area (Å²) in [5.41, 5.74) is 2.22. The minimum Gasteiger partial charge on any atom is -0.372 e. The standard InChI is InChI=1S/C15H24N2O3/c1-3-17-13(10-12(2)16-17)11-18-14-4-6-15(7-5-14)19-8-9-20-15/h10,14H,3-9,11H2,1-2H3. The van der Waals surface area contributed by atoms with E-state index < -0.39 is 0 Å². The topological polar surface area (TPSA) is 45.5 Å². The first-order chi connectivity index (χ1) is 9.71. The quantitative estimate of drug-likeness (QED) is 0.849. The highest BCUT2D eigenvalue weighted by Gasteiger charge is 2.40. The molecule has 0 aromatic carbocycles. The summed E-state index contributed by atoms with van der Waals surface area (Å²) in [7, 11) is 0. The predicted octanol–water partition coefficient (Wildman–Crippen LogP) is 2.41. The molecule has 0 amide bonds. The van der Waals surface area contributed by atoms with E-state index in [0.717, 1.165) is 51.1 Å². The molecule has 0 unspecified atom stereocenters. The first-order valence-electron chi connectivity index (χ1n) is 7.64. The second-order valence-electron chi connectivity index (χ2n) is 5.71. The Bertz CT molecular complexity index is 442. The molecule has 5 nitrogen and oxygen atoms in total. The predicted molar refractivity (Wildman–Crippen MR) is 74.3 cm³/mol. The Hall–Kier alpha value is -0.910. The van der Waals surface area contributed by atoms with Crippen LogP contribution >= 0.6 is 0 Å². The lowest BCUT2D eigenvalue weighted by molar-refractivity contribution is -0.192. The van der Waals surface area contributed by atoms with E-state index in [4.69, 9.17) is 14.2 Å². The van der Waals surface area contributed by atoms with Gasteiger partial charge in [-0.2, -0.15) is 5.10 Å². The van der Waals surface area contributed by atoms with Crippen molar-refractivity contribution < 1.29 is 14.2 Å². The minimum atomic E-state index is -0.290. The Morgan fingerprint density at radius 1 is 1.35 bits per heavy atom. The molecule has 1 aromatic rings. The van der Waals surface area contributed by atoms with Crippen LogP contribution in [-0.2, 0) is 27.4 Å². The van der Waals surface area contributed by atoms with E-state index in [0.29, 0.717) is 12.7 Å². The van der Waals surface area contributed by atoms with Crippen molar-refractivity contribution >= 4 is 0 Å². The Kier molecular flexibility index (Phi) is 4.10. The lowest BCUT2D eigenvalue weighted by Gasteiger charge is -2.35. The van der Waals surface area contributed by atoms with Crippen LogP contribution in [0.25, 0.3) is 0 Å². The average Bonchev–Trinajstić information content (AvgIpc) is 3.05. The fourth-order valence-electron chi connectivity index (χ4n) is 3.18. The van der Waals surface area contributed by atoms with E-state index in [2.05, 4.69) is 18.1 Å². The summed E-state index contributed by atoms with van der Waals surface area (Å²) in [4.78, 5) is 0. The molecule has 2 fully saturated rings. The van der Waals surface area contributed by atoms with Crippen molar-refractivity contribution in [2.45, 2.75) is 64.6 Å². The third-order valence-electron chi connectivity index (χ3n) is 4.26. The van der Waals surface area contributed by atoms with Crippen LogP contribution in [0.2, 0.25) is 0 Å². The van der Waals surface area contributed by atoms with Gasteiger partial charge in [0, 0.05) is 19.4 Å². The molecular formula is C15H24N2O3. The van der Waals surface area contributed by atoms with Gasteiger partial charge in [-0.05, 0) is 32.8 Å². The Morgan fingerprint density at radius 3 is 2.70 bits per heavy atom. The molecule has 112 valence electrons. The van der Waals surface area contributed by atoms with Crippen LogP contribution < -0.4 is 0 Å². The number of aryl methyl sites for hydroxylation is 2. The summed E-state index contributed by atoms with van der Waals surface area (Å²) < 4.78 is 19.6. The van der Waals surface area contributed by atoms with E-state index in [1.807, 2.05) is 11.6 Å². The molecule has 1 spiro atoms. The Balaban J connectivity index is 1.50. The van der Waals surface area contributed by atoms with Crippen LogP contribution in [0.1, 0.15) is 44.0 Å². The van der Waals surface area contributed by atoms with Crippen LogP contribution in [0.15, 0.2) is 6.07 Å². The first-order valence-corrected chi connectivity index (χ1v) is 7.64. The monoisotopic (exact) mass is 280 g/mol. The number of ether oxygens (including phenoxy) is 3. The van der Waals surface area contributed by atoms with E-state index in [1.165, 1.54) is 5.69 Å². The summed E-state index contributed by atoms with van der Waals surface area (Å²) in [5.74, 6) is -0.290. The smallest absolute Gasteiger partial charge is 0.168 e.